The lowest BCUT2D eigenvalue weighted by Crippen LogP contribution is -2.04. The van der Waals surface area contributed by atoms with Crippen molar-refractivity contribution >= 4 is 10.9 Å². The molecule has 2 aromatic rings. The van der Waals surface area contributed by atoms with Crippen LogP contribution in [0.3, 0.4) is 0 Å². The molecule has 56 valence electrons. The van der Waals surface area contributed by atoms with Crippen molar-refractivity contribution in [2.75, 3.05) is 0 Å². The predicted molar refractivity (Wildman–Crippen MR) is 46.1 cm³/mol. The van der Waals surface area contributed by atoms with Crippen LogP contribution in [0, 0.1) is 0 Å². The molecule has 2 heteroatoms. The Morgan fingerprint density at radius 2 is 2.00 bits per heavy atom. The average Bonchev–Trinajstić information content (AvgIpc) is 2.47. The first-order valence-electron chi connectivity index (χ1n) is 3.66. The van der Waals surface area contributed by atoms with E-state index in [0.717, 1.165) is 0 Å². The van der Waals surface area contributed by atoms with Crippen molar-refractivity contribution in [1.82, 2.24) is 4.57 Å². The summed E-state index contributed by atoms with van der Waals surface area (Å²) in [5.74, 6) is 0. The topological polar surface area (TPSA) is 30.9 Å². The van der Waals surface area contributed by atoms with Crippen LogP contribution in [0.2, 0.25) is 0 Å². The van der Waals surface area contributed by atoms with Crippen LogP contribution in [0.4, 0.5) is 0 Å². The molecule has 0 amide bonds. The summed E-state index contributed by atoms with van der Waals surface area (Å²) in [6, 6.07) is 10.3. The van der Waals surface area contributed by atoms with Gasteiger partial charge in [-0.15, -0.1) is 0 Å². The summed E-state index contributed by atoms with van der Waals surface area (Å²) in [5.41, 5.74) is 6.73. The Balaban J connectivity index is 2.76. The summed E-state index contributed by atoms with van der Waals surface area (Å²) in [6.45, 7) is 0.549. The molecule has 1 aromatic carbocycles. The predicted octanol–water partition coefficient (Wildman–Crippen LogP) is 1.56. The number of rotatable bonds is 1. The van der Waals surface area contributed by atoms with Gasteiger partial charge in [-0.2, -0.15) is 0 Å². The molecule has 2 N–H and O–H groups in total. The van der Waals surface area contributed by atoms with Crippen molar-refractivity contribution in [3.05, 3.63) is 36.5 Å². The average molecular weight is 146 g/mol. The van der Waals surface area contributed by atoms with Crippen molar-refractivity contribution in [3.63, 3.8) is 0 Å². The van der Waals surface area contributed by atoms with Gasteiger partial charge in [-0.1, -0.05) is 18.2 Å². The van der Waals surface area contributed by atoms with Crippen molar-refractivity contribution in [1.29, 1.82) is 0 Å². The van der Waals surface area contributed by atoms with Crippen molar-refractivity contribution in [2.24, 2.45) is 5.73 Å². The molecule has 0 saturated heterocycles. The van der Waals surface area contributed by atoms with Crippen LogP contribution in [0.5, 0.6) is 0 Å². The second kappa shape index (κ2) is 2.40. The van der Waals surface area contributed by atoms with Gasteiger partial charge in [-0.3, -0.25) is 0 Å². The molecule has 0 aliphatic heterocycles. The third-order valence-electron chi connectivity index (χ3n) is 1.88. The van der Waals surface area contributed by atoms with Crippen LogP contribution >= 0.6 is 0 Å². The number of nitrogens with zero attached hydrogens (tertiary/aromatic N) is 1. The van der Waals surface area contributed by atoms with E-state index in [-0.39, 0.29) is 0 Å². The molecule has 0 atom stereocenters. The monoisotopic (exact) mass is 146 g/mol. The minimum absolute atomic E-state index is 0.549. The number of fused-ring (bicyclic) bond motifs is 1. The van der Waals surface area contributed by atoms with E-state index in [0.29, 0.717) is 6.67 Å². The molecule has 0 unspecified atom stereocenters. The van der Waals surface area contributed by atoms with Gasteiger partial charge in [0.1, 0.15) is 0 Å². The van der Waals surface area contributed by atoms with Crippen molar-refractivity contribution in [2.45, 2.75) is 6.67 Å². The fraction of sp³-hybridized carbons (Fsp3) is 0.111. The minimum atomic E-state index is 0.549. The summed E-state index contributed by atoms with van der Waals surface area (Å²) in [5, 5.41) is 1.25. The van der Waals surface area contributed by atoms with Crippen molar-refractivity contribution in [3.8, 4) is 0 Å². The Labute approximate surface area is 65.2 Å². The quantitative estimate of drug-likeness (QED) is 0.650. The number of nitrogens with two attached hydrogens (primary N) is 1. The molecule has 0 saturated carbocycles. The van der Waals surface area contributed by atoms with Crippen LogP contribution in [0.25, 0.3) is 10.9 Å². The van der Waals surface area contributed by atoms with Crippen LogP contribution in [0.15, 0.2) is 36.5 Å². The molecule has 2 nitrogen and oxygen atoms in total. The van der Waals surface area contributed by atoms with Gasteiger partial charge in [-0.25, -0.2) is 0 Å². The SMILES string of the molecule is NCn1ccc2ccccc21. The fourth-order valence-corrected chi connectivity index (χ4v) is 1.30. The van der Waals surface area contributed by atoms with Gasteiger partial charge in [0.25, 0.3) is 0 Å². The van der Waals surface area contributed by atoms with Gasteiger partial charge in [0, 0.05) is 11.7 Å². The van der Waals surface area contributed by atoms with E-state index in [1.54, 1.807) is 0 Å². The second-order valence-corrected chi connectivity index (χ2v) is 2.53. The van der Waals surface area contributed by atoms with Gasteiger partial charge in [0.2, 0.25) is 0 Å². The first kappa shape index (κ1) is 6.43. The molecule has 0 aliphatic carbocycles. The largest absolute Gasteiger partial charge is 0.334 e. The number of hydrogen-bond acceptors (Lipinski definition) is 1. The van der Waals surface area contributed by atoms with Crippen LogP contribution in [0.1, 0.15) is 0 Å². The first-order chi connectivity index (χ1) is 5.42. The maximum Gasteiger partial charge on any atom is 0.0700 e. The zero-order valence-corrected chi connectivity index (χ0v) is 6.20. The number of hydrogen-bond donors (Lipinski definition) is 1. The Morgan fingerprint density at radius 1 is 1.18 bits per heavy atom. The molecule has 0 radical (unpaired) electrons. The molecule has 1 heterocycles. The molecule has 2 rings (SSSR count). The van der Waals surface area contributed by atoms with Gasteiger partial charge in [0.05, 0.1) is 6.67 Å². The molecule has 0 fully saturated rings. The number of para-hydroxylation sites is 1. The maximum atomic E-state index is 5.52. The van der Waals surface area contributed by atoms with Crippen LogP contribution in [-0.4, -0.2) is 4.57 Å². The Kier molecular flexibility index (Phi) is 1.40. The maximum absolute atomic E-state index is 5.52. The van der Waals surface area contributed by atoms with E-state index >= 15 is 0 Å². The highest BCUT2D eigenvalue weighted by molar-refractivity contribution is 5.79. The minimum Gasteiger partial charge on any atom is -0.334 e. The lowest BCUT2D eigenvalue weighted by atomic mass is 10.2. The highest BCUT2D eigenvalue weighted by Crippen LogP contribution is 2.13. The molecular formula is C9H10N2. The Morgan fingerprint density at radius 3 is 2.82 bits per heavy atom. The summed E-state index contributed by atoms with van der Waals surface area (Å²) in [7, 11) is 0. The van der Waals surface area contributed by atoms with E-state index < -0.39 is 0 Å². The standard InChI is InChI=1S/C9H10N2/c10-7-11-6-5-8-3-1-2-4-9(8)11/h1-6H,7,10H2. The number of benzene rings is 1. The zero-order chi connectivity index (χ0) is 7.68. The lowest BCUT2D eigenvalue weighted by Gasteiger charge is -1.98. The van der Waals surface area contributed by atoms with Gasteiger partial charge in [0.15, 0.2) is 0 Å². The summed E-state index contributed by atoms with van der Waals surface area (Å²) in [4.78, 5) is 0. The normalized spacial score (nSPS) is 10.6. The zero-order valence-electron chi connectivity index (χ0n) is 6.20. The van der Waals surface area contributed by atoms with Crippen LogP contribution < -0.4 is 5.73 Å². The fourth-order valence-electron chi connectivity index (χ4n) is 1.30. The van der Waals surface area contributed by atoms with E-state index in [9.17, 15) is 0 Å². The third-order valence-corrected chi connectivity index (χ3v) is 1.88. The molecule has 1 aromatic heterocycles. The smallest absolute Gasteiger partial charge is 0.0700 e. The van der Waals surface area contributed by atoms with E-state index in [2.05, 4.69) is 18.2 Å². The lowest BCUT2D eigenvalue weighted by molar-refractivity contribution is 0.764. The Bertz CT molecular complexity index is 362. The van der Waals surface area contributed by atoms with Crippen LogP contribution in [-0.2, 0) is 6.67 Å². The van der Waals surface area contributed by atoms with Crippen molar-refractivity contribution < 1.29 is 0 Å². The molecule has 0 spiro atoms. The molecule has 0 bridgehead atoms. The highest BCUT2D eigenvalue weighted by Gasteiger charge is 1.95. The van der Waals surface area contributed by atoms with Gasteiger partial charge in [-0.05, 0) is 17.5 Å². The third kappa shape index (κ3) is 0.917. The van der Waals surface area contributed by atoms with E-state index in [1.807, 2.05) is 22.9 Å². The second-order valence-electron chi connectivity index (χ2n) is 2.53. The Hall–Kier alpha value is -1.28. The van der Waals surface area contributed by atoms with Gasteiger partial charge >= 0.3 is 0 Å². The van der Waals surface area contributed by atoms with E-state index in [4.69, 9.17) is 5.73 Å². The molecule has 0 aliphatic rings. The first-order valence-corrected chi connectivity index (χ1v) is 3.66. The molecular weight excluding hydrogens is 136 g/mol. The summed E-state index contributed by atoms with van der Waals surface area (Å²) < 4.78 is 2.02. The van der Waals surface area contributed by atoms with E-state index in [1.165, 1.54) is 10.9 Å². The number of aromatic nitrogens is 1. The summed E-state index contributed by atoms with van der Waals surface area (Å²) >= 11 is 0. The molecule has 11 heavy (non-hydrogen) atoms. The summed E-state index contributed by atoms with van der Waals surface area (Å²) in [6.07, 6.45) is 2.00. The van der Waals surface area contributed by atoms with Gasteiger partial charge < -0.3 is 10.3 Å². The highest BCUT2D eigenvalue weighted by atomic mass is 15.0.